The van der Waals surface area contributed by atoms with Crippen molar-refractivity contribution in [3.8, 4) is 0 Å². The molecule has 5 heteroatoms. The fourth-order valence-corrected chi connectivity index (χ4v) is 3.76. The summed E-state index contributed by atoms with van der Waals surface area (Å²) in [6, 6.07) is 8.48. The topological polar surface area (TPSA) is 20.3 Å². The second kappa shape index (κ2) is 6.16. The van der Waals surface area contributed by atoms with Crippen LogP contribution in [0.1, 0.15) is 23.3 Å². The summed E-state index contributed by atoms with van der Waals surface area (Å²) in [7, 11) is 0. The number of fused-ring (bicyclic) bond motifs is 1. The van der Waals surface area contributed by atoms with E-state index in [9.17, 15) is 9.18 Å². The van der Waals surface area contributed by atoms with Gasteiger partial charge in [0.2, 0.25) is 5.91 Å². The summed E-state index contributed by atoms with van der Waals surface area (Å²) in [6.45, 7) is 0.711. The summed E-state index contributed by atoms with van der Waals surface area (Å²) in [5.41, 5.74) is 1.78. The quantitative estimate of drug-likeness (QED) is 0.817. The normalized spacial score (nSPS) is 14.1. The Morgan fingerprint density at radius 2 is 2.19 bits per heavy atom. The van der Waals surface area contributed by atoms with Gasteiger partial charge in [0.05, 0.1) is 4.34 Å². The molecule has 2 heterocycles. The summed E-state index contributed by atoms with van der Waals surface area (Å²) in [5, 5.41) is 0. The molecular formula is C16H15ClFNOS. The molecule has 3 rings (SSSR count). The Morgan fingerprint density at radius 3 is 2.95 bits per heavy atom. The molecule has 1 aromatic heterocycles. The molecule has 21 heavy (non-hydrogen) atoms. The van der Waals surface area contributed by atoms with E-state index in [1.807, 2.05) is 12.1 Å². The smallest absolute Gasteiger partial charge is 0.227 e. The third-order valence-corrected chi connectivity index (χ3v) is 4.97. The first-order valence-corrected chi connectivity index (χ1v) is 8.16. The second-order valence-electron chi connectivity index (χ2n) is 5.13. The van der Waals surface area contributed by atoms with Crippen LogP contribution in [0.4, 0.5) is 10.1 Å². The summed E-state index contributed by atoms with van der Waals surface area (Å²) < 4.78 is 14.0. The Hall–Kier alpha value is -1.39. The summed E-state index contributed by atoms with van der Waals surface area (Å²) in [6.07, 6.45) is 2.86. The van der Waals surface area contributed by atoms with Gasteiger partial charge in [-0.25, -0.2) is 4.39 Å². The molecule has 0 atom stereocenters. The number of thiophene rings is 1. The first-order chi connectivity index (χ1) is 10.1. The third kappa shape index (κ3) is 3.27. The monoisotopic (exact) mass is 323 g/mol. The number of hydrogen-bond acceptors (Lipinski definition) is 2. The predicted octanol–water partition coefficient (Wildman–Crippen LogP) is 4.45. The van der Waals surface area contributed by atoms with Crippen LogP contribution in [0.5, 0.6) is 0 Å². The molecule has 0 N–H and O–H groups in total. The summed E-state index contributed by atoms with van der Waals surface area (Å²) in [4.78, 5) is 15.3. The number of hydrogen-bond donors (Lipinski definition) is 0. The average molecular weight is 324 g/mol. The molecule has 1 aliphatic heterocycles. The molecule has 1 amide bonds. The zero-order valence-electron chi connectivity index (χ0n) is 11.4. The number of amides is 1. The molecule has 0 saturated carbocycles. The van der Waals surface area contributed by atoms with Crippen LogP contribution >= 0.6 is 22.9 Å². The van der Waals surface area contributed by atoms with E-state index in [4.69, 9.17) is 11.6 Å². The van der Waals surface area contributed by atoms with Gasteiger partial charge in [0, 0.05) is 23.5 Å². The maximum absolute atomic E-state index is 13.3. The Morgan fingerprint density at radius 1 is 1.33 bits per heavy atom. The van der Waals surface area contributed by atoms with Crippen LogP contribution in [0.2, 0.25) is 4.34 Å². The number of benzene rings is 1. The Balaban J connectivity index is 1.71. The van der Waals surface area contributed by atoms with Gasteiger partial charge in [0.25, 0.3) is 0 Å². The van der Waals surface area contributed by atoms with E-state index in [1.165, 1.54) is 23.5 Å². The van der Waals surface area contributed by atoms with Crippen LogP contribution in [0.3, 0.4) is 0 Å². The van der Waals surface area contributed by atoms with Crippen molar-refractivity contribution in [2.75, 3.05) is 11.4 Å². The molecule has 2 aromatic rings. The number of aryl methyl sites for hydroxylation is 2. The van der Waals surface area contributed by atoms with Crippen molar-refractivity contribution in [3.63, 3.8) is 0 Å². The molecule has 2 nitrogen and oxygen atoms in total. The second-order valence-corrected chi connectivity index (χ2v) is 6.93. The summed E-state index contributed by atoms with van der Waals surface area (Å²) >= 11 is 7.40. The lowest BCUT2D eigenvalue weighted by Gasteiger charge is -2.29. The first kappa shape index (κ1) is 14.5. The van der Waals surface area contributed by atoms with Gasteiger partial charge < -0.3 is 4.90 Å². The highest BCUT2D eigenvalue weighted by molar-refractivity contribution is 7.16. The van der Waals surface area contributed by atoms with Crippen molar-refractivity contribution in [3.05, 3.63) is 50.9 Å². The van der Waals surface area contributed by atoms with Crippen LogP contribution in [0, 0.1) is 5.82 Å². The van der Waals surface area contributed by atoms with Gasteiger partial charge >= 0.3 is 0 Å². The number of anilines is 1. The highest BCUT2D eigenvalue weighted by atomic mass is 35.5. The zero-order chi connectivity index (χ0) is 14.8. The van der Waals surface area contributed by atoms with E-state index in [1.54, 1.807) is 11.0 Å². The average Bonchev–Trinajstić information content (AvgIpc) is 2.89. The van der Waals surface area contributed by atoms with Crippen molar-refractivity contribution >= 4 is 34.5 Å². The van der Waals surface area contributed by atoms with E-state index in [0.717, 1.165) is 33.3 Å². The fraction of sp³-hybridized carbons (Fsp3) is 0.312. The minimum atomic E-state index is -0.240. The fourth-order valence-electron chi connectivity index (χ4n) is 2.68. The highest BCUT2D eigenvalue weighted by Gasteiger charge is 2.22. The van der Waals surface area contributed by atoms with Gasteiger partial charge in [-0.3, -0.25) is 4.79 Å². The lowest BCUT2D eigenvalue weighted by Crippen LogP contribution is -2.35. The van der Waals surface area contributed by atoms with Crippen molar-refractivity contribution < 1.29 is 9.18 Å². The van der Waals surface area contributed by atoms with Crippen LogP contribution in [0.15, 0.2) is 30.3 Å². The van der Waals surface area contributed by atoms with Crippen LogP contribution in [0.25, 0.3) is 0 Å². The first-order valence-electron chi connectivity index (χ1n) is 6.96. The van der Waals surface area contributed by atoms with Gasteiger partial charge in [-0.1, -0.05) is 11.6 Å². The maximum atomic E-state index is 13.3. The maximum Gasteiger partial charge on any atom is 0.227 e. The molecule has 1 aliphatic rings. The Labute approximate surface area is 132 Å². The van der Waals surface area contributed by atoms with Gasteiger partial charge in [-0.2, -0.15) is 0 Å². The standard InChI is InChI=1S/C16H15ClFNOS/c17-15-7-4-13(21-15)5-8-16(20)19-9-1-2-11-10-12(18)3-6-14(11)19/h3-4,6-7,10H,1-2,5,8-9H2. The predicted molar refractivity (Wildman–Crippen MR) is 84.7 cm³/mol. The Bertz CT molecular complexity index is 670. The zero-order valence-corrected chi connectivity index (χ0v) is 13.0. The third-order valence-electron chi connectivity index (χ3n) is 3.68. The molecule has 110 valence electrons. The van der Waals surface area contributed by atoms with E-state index < -0.39 is 0 Å². The molecule has 0 radical (unpaired) electrons. The van der Waals surface area contributed by atoms with Crippen LogP contribution in [-0.4, -0.2) is 12.5 Å². The lowest BCUT2D eigenvalue weighted by atomic mass is 10.0. The number of rotatable bonds is 3. The van der Waals surface area contributed by atoms with E-state index in [-0.39, 0.29) is 11.7 Å². The van der Waals surface area contributed by atoms with Crippen molar-refractivity contribution in [1.29, 1.82) is 0 Å². The highest BCUT2D eigenvalue weighted by Crippen LogP contribution is 2.29. The number of carbonyl (C=O) groups is 1. The van der Waals surface area contributed by atoms with E-state index >= 15 is 0 Å². The van der Waals surface area contributed by atoms with Crippen molar-refractivity contribution in [2.45, 2.75) is 25.7 Å². The van der Waals surface area contributed by atoms with E-state index in [0.29, 0.717) is 19.4 Å². The number of halogens is 2. The lowest BCUT2D eigenvalue weighted by molar-refractivity contribution is -0.118. The molecule has 0 bridgehead atoms. The minimum absolute atomic E-state index is 0.0899. The SMILES string of the molecule is O=C(CCc1ccc(Cl)s1)N1CCCc2cc(F)ccc21. The minimum Gasteiger partial charge on any atom is -0.312 e. The molecule has 0 spiro atoms. The van der Waals surface area contributed by atoms with Gasteiger partial charge in [-0.05, 0) is 55.2 Å². The molecule has 0 saturated heterocycles. The molecule has 0 aliphatic carbocycles. The number of carbonyl (C=O) groups excluding carboxylic acids is 1. The molecular weight excluding hydrogens is 309 g/mol. The van der Waals surface area contributed by atoms with Crippen LogP contribution < -0.4 is 4.90 Å². The molecule has 0 fully saturated rings. The van der Waals surface area contributed by atoms with Crippen molar-refractivity contribution in [2.24, 2.45) is 0 Å². The molecule has 1 aromatic carbocycles. The van der Waals surface area contributed by atoms with Crippen molar-refractivity contribution in [1.82, 2.24) is 0 Å². The summed E-state index contributed by atoms with van der Waals surface area (Å²) in [5.74, 6) is -0.150. The number of nitrogens with zero attached hydrogens (tertiary/aromatic N) is 1. The van der Waals surface area contributed by atoms with Gasteiger partial charge in [0.15, 0.2) is 0 Å². The Kier molecular flexibility index (Phi) is 4.27. The van der Waals surface area contributed by atoms with E-state index in [2.05, 4.69) is 0 Å². The van der Waals surface area contributed by atoms with Gasteiger partial charge in [0.1, 0.15) is 5.82 Å². The largest absolute Gasteiger partial charge is 0.312 e. The van der Waals surface area contributed by atoms with Crippen LogP contribution in [-0.2, 0) is 17.6 Å². The van der Waals surface area contributed by atoms with Gasteiger partial charge in [-0.15, -0.1) is 11.3 Å². The molecule has 0 unspecified atom stereocenters.